The fraction of sp³-hybridized carbons (Fsp3) is 0.143. The Bertz CT molecular complexity index is 1060. The number of rotatable bonds is 6. The quantitative estimate of drug-likeness (QED) is 0.551. The number of urea groups is 1. The maximum Gasteiger partial charge on any atom is 0.321 e. The smallest absolute Gasteiger partial charge is 0.321 e. The van der Waals surface area contributed by atoms with Gasteiger partial charge in [0.1, 0.15) is 0 Å². The second kappa shape index (κ2) is 8.39. The summed E-state index contributed by atoms with van der Waals surface area (Å²) < 4.78 is 3.53. The molecule has 1 N–H and O–H groups in total. The van der Waals surface area contributed by atoms with Crippen LogP contribution in [0.15, 0.2) is 79.5 Å². The molecule has 3 aromatic heterocycles. The molecule has 29 heavy (non-hydrogen) atoms. The van der Waals surface area contributed by atoms with Crippen LogP contribution in [0.25, 0.3) is 5.82 Å². The monoisotopic (exact) mass is 387 g/mol. The van der Waals surface area contributed by atoms with E-state index in [0.29, 0.717) is 24.6 Å². The molecule has 4 aromatic rings. The first-order valence-corrected chi connectivity index (χ1v) is 9.21. The number of anilines is 1. The van der Waals surface area contributed by atoms with Gasteiger partial charge in [0.15, 0.2) is 5.82 Å². The largest absolute Gasteiger partial charge is 0.323 e. The summed E-state index contributed by atoms with van der Waals surface area (Å²) in [6.45, 7) is 1.16. The number of carbonyl (C=O) groups excluding carboxylic acids is 1. The Balaban J connectivity index is 1.32. The van der Waals surface area contributed by atoms with Crippen LogP contribution in [0.3, 0.4) is 0 Å². The van der Waals surface area contributed by atoms with Gasteiger partial charge in [-0.15, -0.1) is 0 Å². The molecule has 0 bridgehead atoms. The number of nitrogens with one attached hydrogen (secondary N) is 1. The highest BCUT2D eigenvalue weighted by Crippen LogP contribution is 2.11. The molecular formula is C21H21N7O. The highest BCUT2D eigenvalue weighted by molar-refractivity contribution is 5.88. The van der Waals surface area contributed by atoms with Crippen LogP contribution in [-0.2, 0) is 13.1 Å². The molecule has 0 aliphatic rings. The first kappa shape index (κ1) is 18.4. The maximum absolute atomic E-state index is 12.5. The van der Waals surface area contributed by atoms with E-state index in [0.717, 1.165) is 5.56 Å². The lowest BCUT2D eigenvalue weighted by Crippen LogP contribution is -2.30. The minimum atomic E-state index is -0.213. The highest BCUT2D eigenvalue weighted by atomic mass is 16.2. The molecule has 8 nitrogen and oxygen atoms in total. The molecule has 8 heteroatoms. The molecule has 0 unspecified atom stereocenters. The molecule has 0 aliphatic carbocycles. The summed E-state index contributed by atoms with van der Waals surface area (Å²) >= 11 is 0. The van der Waals surface area contributed by atoms with Crippen molar-refractivity contribution in [1.29, 1.82) is 0 Å². The zero-order valence-electron chi connectivity index (χ0n) is 16.0. The fourth-order valence-corrected chi connectivity index (χ4v) is 2.91. The lowest BCUT2D eigenvalue weighted by atomic mass is 10.2. The van der Waals surface area contributed by atoms with E-state index in [-0.39, 0.29) is 6.03 Å². The van der Waals surface area contributed by atoms with Crippen LogP contribution in [0.4, 0.5) is 10.5 Å². The molecule has 146 valence electrons. The first-order valence-electron chi connectivity index (χ1n) is 9.21. The summed E-state index contributed by atoms with van der Waals surface area (Å²) in [5.41, 5.74) is 2.77. The summed E-state index contributed by atoms with van der Waals surface area (Å²) in [5, 5.41) is 11.4. The summed E-state index contributed by atoms with van der Waals surface area (Å²) in [5.74, 6) is 0.687. The molecule has 0 aliphatic heterocycles. The number of hydrogen-bond donors (Lipinski definition) is 1. The minimum absolute atomic E-state index is 0.213. The van der Waals surface area contributed by atoms with E-state index in [4.69, 9.17) is 0 Å². The van der Waals surface area contributed by atoms with Crippen LogP contribution in [0.1, 0.15) is 11.1 Å². The molecule has 0 saturated heterocycles. The van der Waals surface area contributed by atoms with Crippen molar-refractivity contribution in [2.75, 3.05) is 12.4 Å². The van der Waals surface area contributed by atoms with Crippen molar-refractivity contribution in [2.24, 2.45) is 0 Å². The van der Waals surface area contributed by atoms with Gasteiger partial charge in [0.25, 0.3) is 0 Å². The number of benzene rings is 1. The number of amides is 2. The van der Waals surface area contributed by atoms with Crippen molar-refractivity contribution >= 4 is 11.7 Å². The van der Waals surface area contributed by atoms with E-state index in [9.17, 15) is 4.79 Å². The molecule has 0 fully saturated rings. The molecule has 4 rings (SSSR count). The summed E-state index contributed by atoms with van der Waals surface area (Å²) in [4.78, 5) is 18.4. The Morgan fingerprint density at radius 3 is 2.62 bits per heavy atom. The fourth-order valence-electron chi connectivity index (χ4n) is 2.91. The SMILES string of the molecule is CN(Cc1cnn(Cc2ccccc2)c1)C(=O)Nc1ccc(-n2cccn2)nc1. The Morgan fingerprint density at radius 2 is 1.90 bits per heavy atom. The maximum atomic E-state index is 12.5. The first-order chi connectivity index (χ1) is 14.2. The minimum Gasteiger partial charge on any atom is -0.323 e. The van der Waals surface area contributed by atoms with Gasteiger partial charge in [-0.2, -0.15) is 10.2 Å². The lowest BCUT2D eigenvalue weighted by Gasteiger charge is -2.17. The van der Waals surface area contributed by atoms with Crippen LogP contribution in [0, 0.1) is 0 Å². The third kappa shape index (κ3) is 4.67. The highest BCUT2D eigenvalue weighted by Gasteiger charge is 2.11. The Hall–Kier alpha value is -3.94. The van der Waals surface area contributed by atoms with Crippen molar-refractivity contribution in [2.45, 2.75) is 13.1 Å². The molecule has 1 aromatic carbocycles. The second-order valence-electron chi connectivity index (χ2n) is 6.67. The van der Waals surface area contributed by atoms with Gasteiger partial charge < -0.3 is 10.2 Å². The van der Waals surface area contributed by atoms with E-state index >= 15 is 0 Å². The van der Waals surface area contributed by atoms with Crippen molar-refractivity contribution in [1.82, 2.24) is 29.4 Å². The van der Waals surface area contributed by atoms with Crippen molar-refractivity contribution in [3.63, 3.8) is 0 Å². The molecule has 0 atom stereocenters. The van der Waals surface area contributed by atoms with E-state index in [1.807, 2.05) is 41.3 Å². The molecule has 3 heterocycles. The standard InChI is InChI=1S/C21H21N7O/c1-26(14-18-12-24-27(16-18)15-17-6-3-2-4-7-17)21(29)25-19-8-9-20(22-13-19)28-11-5-10-23-28/h2-13,16H,14-15H2,1H3,(H,25,29). The van der Waals surface area contributed by atoms with Crippen molar-refractivity contribution < 1.29 is 4.79 Å². The molecule has 2 amide bonds. The summed E-state index contributed by atoms with van der Waals surface area (Å²) in [6.07, 6.45) is 8.85. The Kier molecular flexibility index (Phi) is 5.33. The Morgan fingerprint density at radius 1 is 1.03 bits per heavy atom. The van der Waals surface area contributed by atoms with E-state index in [2.05, 4.69) is 32.6 Å². The van der Waals surface area contributed by atoms with E-state index in [1.165, 1.54) is 5.56 Å². The number of aromatic nitrogens is 5. The van der Waals surface area contributed by atoms with Gasteiger partial charge in [-0.1, -0.05) is 30.3 Å². The van der Waals surface area contributed by atoms with Gasteiger partial charge >= 0.3 is 6.03 Å². The van der Waals surface area contributed by atoms with Gasteiger partial charge in [0.05, 0.1) is 31.2 Å². The van der Waals surface area contributed by atoms with Crippen LogP contribution in [0.2, 0.25) is 0 Å². The predicted molar refractivity (Wildman–Crippen MR) is 110 cm³/mol. The molecule has 0 saturated carbocycles. The second-order valence-corrected chi connectivity index (χ2v) is 6.67. The van der Waals surface area contributed by atoms with E-state index in [1.54, 1.807) is 47.4 Å². The lowest BCUT2D eigenvalue weighted by molar-refractivity contribution is 0.220. The third-order valence-corrected chi connectivity index (χ3v) is 4.38. The number of carbonyl (C=O) groups is 1. The number of pyridine rings is 1. The van der Waals surface area contributed by atoms with Gasteiger partial charge in [0.2, 0.25) is 0 Å². The van der Waals surface area contributed by atoms with Crippen LogP contribution < -0.4 is 5.32 Å². The normalized spacial score (nSPS) is 10.7. The molecule has 0 radical (unpaired) electrons. The van der Waals surface area contributed by atoms with Crippen molar-refractivity contribution in [3.8, 4) is 5.82 Å². The van der Waals surface area contributed by atoms with Crippen LogP contribution in [-0.4, -0.2) is 42.5 Å². The van der Waals surface area contributed by atoms with Crippen LogP contribution >= 0.6 is 0 Å². The summed E-state index contributed by atoms with van der Waals surface area (Å²) in [6, 6.07) is 15.3. The van der Waals surface area contributed by atoms with Gasteiger partial charge in [0, 0.05) is 31.2 Å². The topological polar surface area (TPSA) is 80.9 Å². The predicted octanol–water partition coefficient (Wildman–Crippen LogP) is 3.18. The summed E-state index contributed by atoms with van der Waals surface area (Å²) in [7, 11) is 1.75. The Labute approximate surface area is 168 Å². The zero-order valence-corrected chi connectivity index (χ0v) is 16.0. The zero-order chi connectivity index (χ0) is 20.1. The molecular weight excluding hydrogens is 366 g/mol. The van der Waals surface area contributed by atoms with Gasteiger partial charge in [-0.3, -0.25) is 4.68 Å². The van der Waals surface area contributed by atoms with Gasteiger partial charge in [-0.25, -0.2) is 14.5 Å². The number of hydrogen-bond acceptors (Lipinski definition) is 4. The van der Waals surface area contributed by atoms with Crippen LogP contribution in [0.5, 0.6) is 0 Å². The van der Waals surface area contributed by atoms with Gasteiger partial charge in [-0.05, 0) is 23.8 Å². The average Bonchev–Trinajstić information content (AvgIpc) is 3.42. The molecule has 0 spiro atoms. The van der Waals surface area contributed by atoms with Crippen molar-refractivity contribution in [3.05, 3.63) is 90.6 Å². The van der Waals surface area contributed by atoms with E-state index < -0.39 is 0 Å². The average molecular weight is 387 g/mol. The number of nitrogens with zero attached hydrogens (tertiary/aromatic N) is 6. The third-order valence-electron chi connectivity index (χ3n) is 4.38.